The topological polar surface area (TPSA) is 69.6 Å². The number of carbonyl (C=O) groups is 2. The predicted octanol–water partition coefficient (Wildman–Crippen LogP) is 1.67. The summed E-state index contributed by atoms with van der Waals surface area (Å²) in [4.78, 5) is 24.8. The molecule has 2 aliphatic rings. The van der Waals surface area contributed by atoms with Crippen molar-refractivity contribution in [2.24, 2.45) is 5.92 Å². The Labute approximate surface area is 133 Å². The molecule has 6 nitrogen and oxygen atoms in total. The number of aromatic nitrogens is 1. The van der Waals surface area contributed by atoms with Crippen LogP contribution < -0.4 is 10.1 Å². The standard InChI is InChI=1S/C17H18N2O4/c1-22-9-3-4-13-11(7-9)10-5-6-18-15-12(17(21)23-2)8-14(20)19(13)16(10)15/h3-4,7,12,15,18H,5-6,8H2,1-2H3. The van der Waals surface area contributed by atoms with Crippen molar-refractivity contribution in [1.29, 1.82) is 0 Å². The molecule has 3 heterocycles. The van der Waals surface area contributed by atoms with Crippen LogP contribution in [0.25, 0.3) is 10.9 Å². The lowest BCUT2D eigenvalue weighted by molar-refractivity contribution is -0.147. The first kappa shape index (κ1) is 14.3. The maximum Gasteiger partial charge on any atom is 0.311 e. The van der Waals surface area contributed by atoms with Crippen LogP contribution in [0.4, 0.5) is 0 Å². The van der Waals surface area contributed by atoms with Crippen LogP contribution in [0, 0.1) is 5.92 Å². The van der Waals surface area contributed by atoms with Gasteiger partial charge in [-0.1, -0.05) is 0 Å². The Morgan fingerprint density at radius 1 is 1.35 bits per heavy atom. The number of esters is 1. The summed E-state index contributed by atoms with van der Waals surface area (Å²) in [5.41, 5.74) is 2.92. The lowest BCUT2D eigenvalue weighted by atomic mass is 9.85. The van der Waals surface area contributed by atoms with Crippen LogP contribution in [0.3, 0.4) is 0 Å². The summed E-state index contributed by atoms with van der Waals surface area (Å²) in [6.07, 6.45) is 0.982. The van der Waals surface area contributed by atoms with Gasteiger partial charge in [0.2, 0.25) is 5.91 Å². The third-order valence-corrected chi connectivity index (χ3v) is 4.90. The average Bonchev–Trinajstić information content (AvgIpc) is 2.92. The number of benzene rings is 1. The molecule has 2 atom stereocenters. The van der Waals surface area contributed by atoms with E-state index in [2.05, 4.69) is 5.32 Å². The molecule has 0 spiro atoms. The first-order valence-corrected chi connectivity index (χ1v) is 7.71. The average molecular weight is 314 g/mol. The third kappa shape index (κ3) is 1.91. The van der Waals surface area contributed by atoms with Crippen LogP contribution in [-0.4, -0.2) is 37.2 Å². The van der Waals surface area contributed by atoms with E-state index in [0.29, 0.717) is 0 Å². The molecule has 1 aromatic carbocycles. The maximum atomic E-state index is 12.7. The summed E-state index contributed by atoms with van der Waals surface area (Å²) >= 11 is 0. The fraction of sp³-hybridized carbons (Fsp3) is 0.412. The van der Waals surface area contributed by atoms with E-state index in [4.69, 9.17) is 9.47 Å². The number of methoxy groups -OCH3 is 2. The smallest absolute Gasteiger partial charge is 0.311 e. The van der Waals surface area contributed by atoms with Gasteiger partial charge < -0.3 is 14.8 Å². The van der Waals surface area contributed by atoms with E-state index in [1.165, 1.54) is 7.11 Å². The van der Waals surface area contributed by atoms with E-state index in [1.807, 2.05) is 18.2 Å². The van der Waals surface area contributed by atoms with Gasteiger partial charge in [-0.3, -0.25) is 14.2 Å². The van der Waals surface area contributed by atoms with Crippen molar-refractivity contribution in [1.82, 2.24) is 9.88 Å². The minimum absolute atomic E-state index is 0.0585. The highest BCUT2D eigenvalue weighted by Gasteiger charge is 2.43. The van der Waals surface area contributed by atoms with Crippen molar-refractivity contribution in [3.63, 3.8) is 0 Å². The Bertz CT molecular complexity index is 824. The highest BCUT2D eigenvalue weighted by atomic mass is 16.5. The zero-order valence-corrected chi connectivity index (χ0v) is 13.1. The molecule has 0 amide bonds. The van der Waals surface area contributed by atoms with E-state index in [0.717, 1.165) is 40.9 Å². The highest BCUT2D eigenvalue weighted by Crippen LogP contribution is 2.42. The van der Waals surface area contributed by atoms with Crippen LogP contribution in [0.15, 0.2) is 18.2 Å². The number of hydrogen-bond acceptors (Lipinski definition) is 5. The second kappa shape index (κ2) is 5.09. The van der Waals surface area contributed by atoms with Crippen LogP contribution in [0.5, 0.6) is 5.75 Å². The maximum absolute atomic E-state index is 12.7. The van der Waals surface area contributed by atoms with Gasteiger partial charge in [0.15, 0.2) is 0 Å². The molecular weight excluding hydrogens is 296 g/mol. The lowest BCUT2D eigenvalue weighted by Gasteiger charge is -2.34. The molecular formula is C17H18N2O4. The van der Waals surface area contributed by atoms with Crippen LogP contribution in [0.2, 0.25) is 0 Å². The SMILES string of the molecule is COC(=O)C1CC(=O)n2c3c(c4cc(OC)ccc42)CCNC31. The molecule has 23 heavy (non-hydrogen) atoms. The monoisotopic (exact) mass is 314 g/mol. The molecule has 0 fully saturated rings. The van der Waals surface area contributed by atoms with E-state index >= 15 is 0 Å². The second-order valence-corrected chi connectivity index (χ2v) is 5.99. The molecule has 4 rings (SSSR count). The Balaban J connectivity index is 1.98. The number of hydrogen-bond donors (Lipinski definition) is 1. The molecule has 2 unspecified atom stereocenters. The molecule has 6 heteroatoms. The summed E-state index contributed by atoms with van der Waals surface area (Å²) in [6, 6.07) is 5.57. The van der Waals surface area contributed by atoms with E-state index in [9.17, 15) is 9.59 Å². The summed E-state index contributed by atoms with van der Waals surface area (Å²) in [7, 11) is 3.00. The summed E-state index contributed by atoms with van der Waals surface area (Å²) in [5, 5.41) is 4.42. The molecule has 0 radical (unpaired) electrons. The van der Waals surface area contributed by atoms with Crippen LogP contribution in [0.1, 0.15) is 28.5 Å². The number of nitrogens with zero attached hydrogens (tertiary/aromatic N) is 1. The van der Waals surface area contributed by atoms with Gasteiger partial charge in [-0.25, -0.2) is 0 Å². The Hall–Kier alpha value is -2.34. The van der Waals surface area contributed by atoms with Gasteiger partial charge in [0.1, 0.15) is 5.75 Å². The van der Waals surface area contributed by atoms with Gasteiger partial charge in [0, 0.05) is 17.5 Å². The second-order valence-electron chi connectivity index (χ2n) is 5.99. The van der Waals surface area contributed by atoms with Gasteiger partial charge in [0.25, 0.3) is 0 Å². The van der Waals surface area contributed by atoms with Gasteiger partial charge >= 0.3 is 5.97 Å². The van der Waals surface area contributed by atoms with Crippen molar-refractivity contribution in [3.05, 3.63) is 29.5 Å². The number of ether oxygens (including phenoxy) is 2. The zero-order chi connectivity index (χ0) is 16.1. The molecule has 0 bridgehead atoms. The Kier molecular flexibility index (Phi) is 3.16. The van der Waals surface area contributed by atoms with Crippen molar-refractivity contribution < 1.29 is 19.1 Å². The lowest BCUT2D eigenvalue weighted by Crippen LogP contribution is -2.44. The van der Waals surface area contributed by atoms with Crippen molar-refractivity contribution in [2.75, 3.05) is 20.8 Å². The van der Waals surface area contributed by atoms with E-state index < -0.39 is 5.92 Å². The van der Waals surface area contributed by atoms with Gasteiger partial charge in [-0.05, 0) is 36.7 Å². The molecule has 0 saturated carbocycles. The third-order valence-electron chi connectivity index (χ3n) is 4.90. The minimum atomic E-state index is -0.467. The van der Waals surface area contributed by atoms with Crippen molar-refractivity contribution in [3.8, 4) is 5.75 Å². The summed E-state index contributed by atoms with van der Waals surface area (Å²) in [5.74, 6) is -0.0939. The fourth-order valence-electron chi connectivity index (χ4n) is 3.89. The zero-order valence-electron chi connectivity index (χ0n) is 13.1. The number of carbonyl (C=O) groups excluding carboxylic acids is 2. The molecule has 1 aromatic heterocycles. The van der Waals surface area contributed by atoms with Crippen molar-refractivity contribution in [2.45, 2.75) is 18.9 Å². The molecule has 120 valence electrons. The van der Waals surface area contributed by atoms with Crippen LogP contribution in [-0.2, 0) is 16.0 Å². The van der Waals surface area contributed by atoms with Crippen LogP contribution >= 0.6 is 0 Å². The van der Waals surface area contributed by atoms with Gasteiger partial charge in [-0.15, -0.1) is 0 Å². The molecule has 0 saturated heterocycles. The quantitative estimate of drug-likeness (QED) is 0.854. The normalized spacial score (nSPS) is 22.8. The number of rotatable bonds is 2. The minimum Gasteiger partial charge on any atom is -0.497 e. The predicted molar refractivity (Wildman–Crippen MR) is 83.7 cm³/mol. The van der Waals surface area contributed by atoms with Gasteiger partial charge in [-0.2, -0.15) is 0 Å². The first-order chi connectivity index (χ1) is 11.2. The molecule has 1 N–H and O–H groups in total. The number of nitrogens with one attached hydrogen (secondary N) is 1. The summed E-state index contributed by atoms with van der Waals surface area (Å²) < 4.78 is 12.0. The number of fused-ring (bicyclic) bond motifs is 3. The summed E-state index contributed by atoms with van der Waals surface area (Å²) in [6.45, 7) is 0.773. The van der Waals surface area contributed by atoms with E-state index in [-0.39, 0.29) is 24.3 Å². The van der Waals surface area contributed by atoms with Crippen molar-refractivity contribution >= 4 is 22.8 Å². The fourth-order valence-corrected chi connectivity index (χ4v) is 3.89. The Morgan fingerprint density at radius 3 is 2.91 bits per heavy atom. The van der Waals surface area contributed by atoms with Gasteiger partial charge in [0.05, 0.1) is 31.7 Å². The van der Waals surface area contributed by atoms with E-state index in [1.54, 1.807) is 11.7 Å². The molecule has 0 aliphatic carbocycles. The molecule has 2 aromatic rings. The largest absolute Gasteiger partial charge is 0.497 e. The molecule has 2 aliphatic heterocycles. The Morgan fingerprint density at radius 2 is 2.17 bits per heavy atom. The highest BCUT2D eigenvalue weighted by molar-refractivity contribution is 5.99. The first-order valence-electron chi connectivity index (χ1n) is 7.71.